The SMILES string of the molecule is C#CC[C@H](CC(=O)[C@H](C)NC)C(=O)N[C@H]1c2ccccc2C[C@@H]1NC(=O)c1cc2ccccc2cc1OC. The van der Waals surface area contributed by atoms with Gasteiger partial charge in [-0.1, -0.05) is 48.5 Å². The van der Waals surface area contributed by atoms with Crippen molar-refractivity contribution in [2.24, 2.45) is 5.92 Å². The molecule has 0 spiro atoms. The molecule has 0 unspecified atom stereocenters. The second-order valence-electron chi connectivity index (χ2n) is 9.65. The number of Topliss-reactive ketones (excluding diaryl/α,β-unsaturated/α-hetero) is 1. The molecule has 0 fully saturated rings. The Morgan fingerprint density at radius 2 is 1.74 bits per heavy atom. The lowest BCUT2D eigenvalue weighted by molar-refractivity contribution is -0.130. The van der Waals surface area contributed by atoms with E-state index in [2.05, 4.69) is 21.9 Å². The summed E-state index contributed by atoms with van der Waals surface area (Å²) in [5.41, 5.74) is 2.40. The molecule has 4 atom stereocenters. The van der Waals surface area contributed by atoms with E-state index in [1.165, 1.54) is 7.11 Å². The Labute approximate surface area is 223 Å². The van der Waals surface area contributed by atoms with Crippen LogP contribution in [0.4, 0.5) is 0 Å². The van der Waals surface area contributed by atoms with Crippen molar-refractivity contribution >= 4 is 28.4 Å². The van der Waals surface area contributed by atoms with Crippen LogP contribution in [-0.4, -0.2) is 43.8 Å². The van der Waals surface area contributed by atoms with E-state index in [4.69, 9.17) is 11.2 Å². The van der Waals surface area contributed by atoms with Crippen LogP contribution in [0.25, 0.3) is 10.8 Å². The van der Waals surface area contributed by atoms with Gasteiger partial charge in [0.2, 0.25) is 5.91 Å². The number of rotatable bonds is 10. The number of amides is 2. The van der Waals surface area contributed by atoms with Gasteiger partial charge in [0.1, 0.15) is 11.5 Å². The van der Waals surface area contributed by atoms with Gasteiger partial charge in [0.25, 0.3) is 5.91 Å². The summed E-state index contributed by atoms with van der Waals surface area (Å²) >= 11 is 0. The third-order valence-electron chi connectivity index (χ3n) is 7.26. The lowest BCUT2D eigenvalue weighted by Gasteiger charge is -2.26. The maximum atomic E-state index is 13.5. The first-order valence-electron chi connectivity index (χ1n) is 12.8. The van der Waals surface area contributed by atoms with Gasteiger partial charge in [-0.15, -0.1) is 12.3 Å². The van der Waals surface area contributed by atoms with Crippen molar-refractivity contribution in [3.8, 4) is 18.1 Å². The van der Waals surface area contributed by atoms with Crippen molar-refractivity contribution in [1.82, 2.24) is 16.0 Å². The maximum absolute atomic E-state index is 13.5. The summed E-state index contributed by atoms with van der Waals surface area (Å²) in [6.45, 7) is 1.76. The molecule has 1 aliphatic rings. The number of fused-ring (bicyclic) bond motifs is 2. The number of carbonyl (C=O) groups is 3. The predicted molar refractivity (Wildman–Crippen MR) is 148 cm³/mol. The minimum atomic E-state index is -0.659. The van der Waals surface area contributed by atoms with Gasteiger partial charge in [0.05, 0.1) is 36.7 Å². The number of hydrogen-bond donors (Lipinski definition) is 3. The second-order valence-corrected chi connectivity index (χ2v) is 9.65. The summed E-state index contributed by atoms with van der Waals surface area (Å²) in [5.74, 6) is 1.67. The number of ketones is 1. The Balaban J connectivity index is 1.58. The number of terminal acetylenes is 1. The number of carbonyl (C=O) groups excluding carboxylic acids is 3. The molecule has 38 heavy (non-hydrogen) atoms. The van der Waals surface area contributed by atoms with E-state index in [1.807, 2.05) is 60.7 Å². The van der Waals surface area contributed by atoms with Crippen LogP contribution in [0.5, 0.6) is 5.75 Å². The highest BCUT2D eigenvalue weighted by Gasteiger charge is 2.36. The lowest BCUT2D eigenvalue weighted by atomic mass is 9.94. The van der Waals surface area contributed by atoms with Gasteiger partial charge in [0.15, 0.2) is 0 Å². The smallest absolute Gasteiger partial charge is 0.255 e. The third-order valence-corrected chi connectivity index (χ3v) is 7.26. The molecule has 1 aliphatic carbocycles. The summed E-state index contributed by atoms with van der Waals surface area (Å²) in [6.07, 6.45) is 6.27. The molecule has 7 heteroatoms. The highest BCUT2D eigenvalue weighted by Crippen LogP contribution is 2.33. The third kappa shape index (κ3) is 5.71. The van der Waals surface area contributed by atoms with Crippen molar-refractivity contribution in [2.75, 3.05) is 14.2 Å². The second kappa shape index (κ2) is 11.9. The topological polar surface area (TPSA) is 96.5 Å². The van der Waals surface area contributed by atoms with Crippen LogP contribution in [-0.2, 0) is 16.0 Å². The Bertz CT molecular complexity index is 1390. The Hall–Kier alpha value is -4.15. The molecular weight excluding hydrogens is 478 g/mol. The van der Waals surface area contributed by atoms with Crippen molar-refractivity contribution in [3.63, 3.8) is 0 Å². The molecule has 3 aromatic rings. The van der Waals surface area contributed by atoms with E-state index in [-0.39, 0.29) is 36.5 Å². The first kappa shape index (κ1) is 26.9. The molecule has 0 saturated carbocycles. The van der Waals surface area contributed by atoms with Crippen LogP contribution in [0, 0.1) is 18.3 Å². The zero-order valence-electron chi connectivity index (χ0n) is 21.9. The monoisotopic (exact) mass is 511 g/mol. The van der Waals surface area contributed by atoms with Crippen LogP contribution >= 0.6 is 0 Å². The standard InChI is InChI=1S/C31H33N3O4/c1-5-10-23(17-27(35)19(2)32-3)30(36)34-29-24-14-9-8-13-22(24)16-26(29)33-31(37)25-15-20-11-6-7-12-21(20)18-28(25)38-4/h1,6-9,11-15,18-19,23,26,29,32H,10,16-17H2,2-4H3,(H,33,37)(H,34,36)/t19-,23+,26-,29-/m0/s1. The molecule has 0 aliphatic heterocycles. The summed E-state index contributed by atoms with van der Waals surface area (Å²) in [4.78, 5) is 39.4. The fourth-order valence-electron chi connectivity index (χ4n) is 4.97. The molecule has 0 aromatic heterocycles. The maximum Gasteiger partial charge on any atom is 0.255 e. The van der Waals surface area contributed by atoms with Crippen LogP contribution in [0.15, 0.2) is 60.7 Å². The zero-order valence-corrected chi connectivity index (χ0v) is 21.9. The van der Waals surface area contributed by atoms with Gasteiger partial charge in [-0.3, -0.25) is 14.4 Å². The molecule has 2 amide bonds. The van der Waals surface area contributed by atoms with E-state index in [0.29, 0.717) is 17.7 Å². The molecule has 3 aromatic carbocycles. The first-order chi connectivity index (χ1) is 18.4. The largest absolute Gasteiger partial charge is 0.496 e. The van der Waals surface area contributed by atoms with Gasteiger partial charge in [-0.25, -0.2) is 0 Å². The van der Waals surface area contributed by atoms with Gasteiger partial charge in [-0.2, -0.15) is 0 Å². The quantitative estimate of drug-likeness (QED) is 0.362. The van der Waals surface area contributed by atoms with Crippen LogP contribution < -0.4 is 20.7 Å². The molecule has 0 bridgehead atoms. The van der Waals surface area contributed by atoms with E-state index >= 15 is 0 Å². The fourth-order valence-corrected chi connectivity index (χ4v) is 4.97. The first-order valence-corrected chi connectivity index (χ1v) is 12.8. The fraction of sp³-hybridized carbons (Fsp3) is 0.323. The number of likely N-dealkylation sites (N-methyl/N-ethyl adjacent to an activating group) is 1. The minimum Gasteiger partial charge on any atom is -0.496 e. The Morgan fingerprint density at radius 1 is 1.05 bits per heavy atom. The predicted octanol–water partition coefficient (Wildman–Crippen LogP) is 3.57. The van der Waals surface area contributed by atoms with Gasteiger partial charge >= 0.3 is 0 Å². The highest BCUT2D eigenvalue weighted by atomic mass is 16.5. The van der Waals surface area contributed by atoms with Crippen LogP contribution in [0.3, 0.4) is 0 Å². The van der Waals surface area contributed by atoms with Crippen molar-refractivity contribution in [1.29, 1.82) is 0 Å². The van der Waals surface area contributed by atoms with Crippen LogP contribution in [0.1, 0.15) is 47.3 Å². The van der Waals surface area contributed by atoms with E-state index in [9.17, 15) is 14.4 Å². The Morgan fingerprint density at radius 3 is 2.42 bits per heavy atom. The number of nitrogens with one attached hydrogen (secondary N) is 3. The molecule has 0 radical (unpaired) electrons. The van der Waals surface area contributed by atoms with Crippen molar-refractivity contribution in [3.05, 3.63) is 77.4 Å². The molecule has 0 saturated heterocycles. The van der Waals surface area contributed by atoms with Crippen LogP contribution in [0.2, 0.25) is 0 Å². The number of methoxy groups -OCH3 is 1. The number of benzene rings is 3. The Kier molecular flexibility index (Phi) is 8.45. The lowest BCUT2D eigenvalue weighted by Crippen LogP contribution is -2.46. The molecule has 3 N–H and O–H groups in total. The van der Waals surface area contributed by atoms with Gasteiger partial charge in [0, 0.05) is 12.8 Å². The zero-order chi connectivity index (χ0) is 27.2. The average molecular weight is 512 g/mol. The van der Waals surface area contributed by atoms with E-state index in [1.54, 1.807) is 14.0 Å². The van der Waals surface area contributed by atoms with Gasteiger partial charge in [-0.05, 0) is 54.4 Å². The van der Waals surface area contributed by atoms with E-state index in [0.717, 1.165) is 21.9 Å². The molecule has 7 nitrogen and oxygen atoms in total. The highest BCUT2D eigenvalue weighted by molar-refractivity contribution is 6.02. The van der Waals surface area contributed by atoms with E-state index < -0.39 is 18.0 Å². The molecule has 4 rings (SSSR count). The molecule has 196 valence electrons. The van der Waals surface area contributed by atoms with Crippen molar-refractivity contribution < 1.29 is 19.1 Å². The molecular formula is C31H33N3O4. The minimum absolute atomic E-state index is 0.0394. The number of hydrogen-bond acceptors (Lipinski definition) is 5. The molecule has 0 heterocycles. The summed E-state index contributed by atoms with van der Waals surface area (Å²) < 4.78 is 5.53. The van der Waals surface area contributed by atoms with Crippen molar-refractivity contribution in [2.45, 2.75) is 44.3 Å². The average Bonchev–Trinajstić information content (AvgIpc) is 3.27. The number of ether oxygens (including phenoxy) is 1. The summed E-state index contributed by atoms with van der Waals surface area (Å²) in [6, 6.07) is 18.0. The normalized spacial score (nSPS) is 17.6. The summed E-state index contributed by atoms with van der Waals surface area (Å²) in [5, 5.41) is 11.0. The summed E-state index contributed by atoms with van der Waals surface area (Å²) in [7, 11) is 3.24. The van der Waals surface area contributed by atoms with Gasteiger partial charge < -0.3 is 20.7 Å².